The highest BCUT2D eigenvalue weighted by Crippen LogP contribution is 2.33. The van der Waals surface area contributed by atoms with Crippen molar-refractivity contribution < 1.29 is 27.2 Å². The number of anilines is 2. The van der Waals surface area contributed by atoms with Gasteiger partial charge in [0, 0.05) is 11.4 Å². The predicted molar refractivity (Wildman–Crippen MR) is 114 cm³/mol. The Balaban J connectivity index is 1.50. The maximum Gasteiger partial charge on any atom is 0.435 e. The molecule has 0 fully saturated rings. The SMILES string of the molecule is CC(C(=O)Nc1ccc(NC(=O)c2nnn(-c3ccc(F)cc3)c2C(F)(F)F)cc1)n1cncn1. The summed E-state index contributed by atoms with van der Waals surface area (Å²) in [5, 5.41) is 15.7. The van der Waals surface area contributed by atoms with Gasteiger partial charge in [-0.25, -0.2) is 18.7 Å². The molecular formula is C21H16F4N8O2. The van der Waals surface area contributed by atoms with Crippen LogP contribution in [-0.2, 0) is 11.0 Å². The van der Waals surface area contributed by atoms with E-state index in [0.717, 1.165) is 24.3 Å². The molecule has 1 unspecified atom stereocenters. The number of hydrogen-bond acceptors (Lipinski definition) is 6. The van der Waals surface area contributed by atoms with Gasteiger partial charge in [-0.05, 0) is 55.5 Å². The Hall–Kier alpha value is -4.62. The molecule has 35 heavy (non-hydrogen) atoms. The molecule has 0 spiro atoms. The number of carbonyl (C=O) groups excluding carboxylic acids is 2. The normalized spacial score (nSPS) is 12.3. The summed E-state index contributed by atoms with van der Waals surface area (Å²) in [6.07, 6.45) is -2.28. The summed E-state index contributed by atoms with van der Waals surface area (Å²) < 4.78 is 56.2. The fourth-order valence-electron chi connectivity index (χ4n) is 3.06. The third kappa shape index (κ3) is 5.15. The number of carbonyl (C=O) groups is 2. The molecule has 10 nitrogen and oxygen atoms in total. The molecule has 0 bridgehead atoms. The second-order valence-corrected chi connectivity index (χ2v) is 7.24. The molecule has 14 heteroatoms. The molecule has 180 valence electrons. The quantitative estimate of drug-likeness (QED) is 0.401. The summed E-state index contributed by atoms with van der Waals surface area (Å²) in [5.41, 5.74) is -1.95. The van der Waals surface area contributed by atoms with Crippen LogP contribution in [-0.4, -0.2) is 41.6 Å². The van der Waals surface area contributed by atoms with E-state index in [1.54, 1.807) is 6.92 Å². The largest absolute Gasteiger partial charge is 0.435 e. The van der Waals surface area contributed by atoms with Crippen LogP contribution in [0.1, 0.15) is 29.1 Å². The zero-order valence-corrected chi connectivity index (χ0v) is 17.9. The first kappa shape index (κ1) is 23.5. The molecule has 0 aliphatic carbocycles. The predicted octanol–water partition coefficient (Wildman–Crippen LogP) is 3.47. The van der Waals surface area contributed by atoms with Crippen LogP contribution < -0.4 is 10.6 Å². The van der Waals surface area contributed by atoms with E-state index in [4.69, 9.17) is 0 Å². The van der Waals surface area contributed by atoms with Crippen molar-refractivity contribution in [1.82, 2.24) is 29.8 Å². The number of aromatic nitrogens is 6. The fraction of sp³-hybridized carbons (Fsp3) is 0.143. The van der Waals surface area contributed by atoms with Crippen molar-refractivity contribution >= 4 is 23.2 Å². The number of nitrogens with one attached hydrogen (secondary N) is 2. The minimum Gasteiger partial charge on any atom is -0.324 e. The maximum atomic E-state index is 13.7. The first-order chi connectivity index (χ1) is 16.6. The van der Waals surface area contributed by atoms with Crippen molar-refractivity contribution in [3.63, 3.8) is 0 Å². The van der Waals surface area contributed by atoms with E-state index >= 15 is 0 Å². The first-order valence-electron chi connectivity index (χ1n) is 9.98. The topological polar surface area (TPSA) is 120 Å². The molecule has 2 amide bonds. The molecule has 0 aliphatic heterocycles. The van der Waals surface area contributed by atoms with Crippen LogP contribution in [0.2, 0.25) is 0 Å². The zero-order valence-electron chi connectivity index (χ0n) is 17.9. The van der Waals surface area contributed by atoms with Crippen LogP contribution in [0.3, 0.4) is 0 Å². The lowest BCUT2D eigenvalue weighted by molar-refractivity contribution is -0.143. The van der Waals surface area contributed by atoms with Crippen molar-refractivity contribution in [1.29, 1.82) is 0 Å². The van der Waals surface area contributed by atoms with Gasteiger partial charge < -0.3 is 10.6 Å². The van der Waals surface area contributed by atoms with E-state index in [1.165, 1.54) is 41.6 Å². The van der Waals surface area contributed by atoms with Gasteiger partial charge in [0.1, 0.15) is 24.5 Å². The summed E-state index contributed by atoms with van der Waals surface area (Å²) in [7, 11) is 0. The summed E-state index contributed by atoms with van der Waals surface area (Å²) >= 11 is 0. The monoisotopic (exact) mass is 488 g/mol. The highest BCUT2D eigenvalue weighted by Gasteiger charge is 2.42. The fourth-order valence-corrected chi connectivity index (χ4v) is 3.06. The highest BCUT2D eigenvalue weighted by molar-refractivity contribution is 6.04. The average Bonchev–Trinajstić information content (AvgIpc) is 3.51. The van der Waals surface area contributed by atoms with Gasteiger partial charge in [0.15, 0.2) is 11.4 Å². The molecule has 0 saturated heterocycles. The molecule has 2 heterocycles. The number of rotatable bonds is 6. The van der Waals surface area contributed by atoms with E-state index in [1.807, 2.05) is 0 Å². The van der Waals surface area contributed by atoms with Crippen molar-refractivity contribution in [3.8, 4) is 5.69 Å². The van der Waals surface area contributed by atoms with E-state index in [0.29, 0.717) is 10.4 Å². The average molecular weight is 488 g/mol. The number of amides is 2. The Bertz CT molecular complexity index is 1330. The summed E-state index contributed by atoms with van der Waals surface area (Å²) in [4.78, 5) is 28.7. The Morgan fingerprint density at radius 3 is 2.17 bits per heavy atom. The highest BCUT2D eigenvalue weighted by atomic mass is 19.4. The second-order valence-electron chi connectivity index (χ2n) is 7.24. The zero-order chi connectivity index (χ0) is 25.2. The summed E-state index contributed by atoms with van der Waals surface area (Å²) in [6.45, 7) is 1.62. The molecule has 0 saturated carbocycles. The number of alkyl halides is 3. The molecule has 2 aromatic carbocycles. The smallest absolute Gasteiger partial charge is 0.324 e. The molecule has 0 radical (unpaired) electrons. The molecular weight excluding hydrogens is 472 g/mol. The Kier molecular flexibility index (Phi) is 6.27. The molecule has 4 aromatic rings. The van der Waals surface area contributed by atoms with E-state index in [2.05, 4.69) is 31.0 Å². The minimum absolute atomic E-state index is 0.120. The number of halogens is 4. The lowest BCUT2D eigenvalue weighted by atomic mass is 10.2. The maximum absolute atomic E-state index is 13.7. The molecule has 1 atom stereocenters. The number of benzene rings is 2. The number of nitrogens with zero attached hydrogens (tertiary/aromatic N) is 6. The Morgan fingerprint density at radius 2 is 1.60 bits per heavy atom. The standard InChI is InChI=1S/C21H16F4N8O2/c1-12(32-11-26-10-27-32)19(34)28-14-4-6-15(7-5-14)29-20(35)17-18(21(23,24)25)33(31-30-17)16-8-2-13(22)3-9-16/h2-12H,1H3,(H,28,34)(H,29,35). The van der Waals surface area contributed by atoms with E-state index in [9.17, 15) is 27.2 Å². The van der Waals surface area contributed by atoms with Crippen LogP contribution in [0.5, 0.6) is 0 Å². The lowest BCUT2D eigenvalue weighted by Crippen LogP contribution is -2.24. The molecule has 2 N–H and O–H groups in total. The van der Waals surface area contributed by atoms with Gasteiger partial charge in [0.2, 0.25) is 5.91 Å². The second kappa shape index (κ2) is 9.32. The van der Waals surface area contributed by atoms with Crippen molar-refractivity contribution in [2.75, 3.05) is 10.6 Å². The first-order valence-corrected chi connectivity index (χ1v) is 9.98. The molecule has 4 rings (SSSR count). The Morgan fingerprint density at radius 1 is 0.971 bits per heavy atom. The van der Waals surface area contributed by atoms with Gasteiger partial charge in [-0.15, -0.1) is 5.10 Å². The van der Waals surface area contributed by atoms with Crippen molar-refractivity contribution in [2.24, 2.45) is 0 Å². The Labute approximate surface area is 194 Å². The van der Waals surface area contributed by atoms with Crippen molar-refractivity contribution in [2.45, 2.75) is 19.1 Å². The van der Waals surface area contributed by atoms with Crippen LogP contribution in [0.25, 0.3) is 5.69 Å². The van der Waals surface area contributed by atoms with Gasteiger partial charge >= 0.3 is 6.18 Å². The van der Waals surface area contributed by atoms with Crippen molar-refractivity contribution in [3.05, 3.63) is 78.4 Å². The summed E-state index contributed by atoms with van der Waals surface area (Å²) in [6, 6.07) is 9.16. The van der Waals surface area contributed by atoms with Crippen LogP contribution in [0, 0.1) is 5.82 Å². The minimum atomic E-state index is -4.97. The molecule has 0 aliphatic rings. The number of hydrogen-bond donors (Lipinski definition) is 2. The van der Waals surface area contributed by atoms with Crippen LogP contribution >= 0.6 is 0 Å². The molecule has 2 aromatic heterocycles. The van der Waals surface area contributed by atoms with Gasteiger partial charge in [0.05, 0.1) is 5.69 Å². The third-order valence-corrected chi connectivity index (χ3v) is 4.85. The van der Waals surface area contributed by atoms with Crippen LogP contribution in [0.4, 0.5) is 28.9 Å². The third-order valence-electron chi connectivity index (χ3n) is 4.85. The van der Waals surface area contributed by atoms with Crippen LogP contribution in [0.15, 0.2) is 61.2 Å². The summed E-state index contributed by atoms with van der Waals surface area (Å²) in [5.74, 6) is -2.17. The van der Waals surface area contributed by atoms with Gasteiger partial charge in [-0.3, -0.25) is 9.59 Å². The van der Waals surface area contributed by atoms with E-state index < -0.39 is 35.3 Å². The van der Waals surface area contributed by atoms with E-state index in [-0.39, 0.29) is 17.3 Å². The lowest BCUT2D eigenvalue weighted by Gasteiger charge is -2.13. The van der Waals surface area contributed by atoms with Gasteiger partial charge in [0.25, 0.3) is 5.91 Å². The van der Waals surface area contributed by atoms with Gasteiger partial charge in [-0.2, -0.15) is 18.3 Å². The van der Waals surface area contributed by atoms with Gasteiger partial charge in [-0.1, -0.05) is 5.21 Å².